The lowest BCUT2D eigenvalue weighted by molar-refractivity contribution is -0.0191. The molecular formula is C16H17ClFN3O3. The van der Waals surface area contributed by atoms with Crippen LogP contribution in [0, 0.1) is 5.82 Å². The summed E-state index contributed by atoms with van der Waals surface area (Å²) in [5.41, 5.74) is -0.216. The van der Waals surface area contributed by atoms with Gasteiger partial charge < -0.3 is 14.0 Å². The summed E-state index contributed by atoms with van der Waals surface area (Å²) in [4.78, 5) is 19.6. The van der Waals surface area contributed by atoms with Crippen molar-refractivity contribution in [1.29, 1.82) is 0 Å². The maximum Gasteiger partial charge on any atom is 0.509 e. The number of hydrogen-bond acceptors (Lipinski definition) is 5. The van der Waals surface area contributed by atoms with Crippen molar-refractivity contribution >= 4 is 28.8 Å². The Morgan fingerprint density at radius 3 is 2.83 bits per heavy atom. The first-order valence-corrected chi connectivity index (χ1v) is 7.87. The van der Waals surface area contributed by atoms with Crippen LogP contribution >= 0.6 is 11.6 Å². The summed E-state index contributed by atoms with van der Waals surface area (Å²) in [5, 5.41) is 0.254. The van der Waals surface area contributed by atoms with Crippen LogP contribution in [-0.4, -0.2) is 32.4 Å². The minimum atomic E-state index is -0.730. The van der Waals surface area contributed by atoms with Gasteiger partial charge in [0.05, 0.1) is 11.4 Å². The molecule has 0 fully saturated rings. The smallest absolute Gasteiger partial charge is 0.429 e. The van der Waals surface area contributed by atoms with E-state index in [1.54, 1.807) is 31.4 Å². The van der Waals surface area contributed by atoms with E-state index in [4.69, 9.17) is 21.1 Å². The molecule has 8 heteroatoms. The summed E-state index contributed by atoms with van der Waals surface area (Å²) < 4.78 is 26.2. The molecule has 3 rings (SSSR count). The molecule has 24 heavy (non-hydrogen) atoms. The maximum absolute atomic E-state index is 14.1. The van der Waals surface area contributed by atoms with Crippen LogP contribution in [0.2, 0.25) is 5.15 Å². The molecule has 0 aliphatic heterocycles. The first-order chi connectivity index (χ1) is 11.2. The van der Waals surface area contributed by atoms with Gasteiger partial charge in [-0.2, -0.15) is 0 Å². The number of aromatic nitrogens is 3. The van der Waals surface area contributed by atoms with Crippen molar-refractivity contribution in [2.75, 3.05) is 0 Å². The Kier molecular flexibility index (Phi) is 4.21. The zero-order valence-corrected chi connectivity index (χ0v) is 14.2. The number of hydrogen-bond donors (Lipinski definition) is 0. The SMILES string of the molecule is CC(C)(C)OC(=O)O[C@@H]1C=C[C@H](n2cc(F)c3c(Cl)ncnc32)C1. The van der Waals surface area contributed by atoms with Gasteiger partial charge in [-0.15, -0.1) is 0 Å². The number of halogens is 2. The average Bonchev–Trinajstić information content (AvgIpc) is 3.02. The van der Waals surface area contributed by atoms with E-state index >= 15 is 0 Å². The predicted molar refractivity (Wildman–Crippen MR) is 86.4 cm³/mol. The number of rotatable bonds is 2. The van der Waals surface area contributed by atoms with Crippen LogP contribution < -0.4 is 0 Å². The average molecular weight is 354 g/mol. The molecule has 2 aromatic heterocycles. The highest BCUT2D eigenvalue weighted by Gasteiger charge is 2.28. The number of allylic oxidation sites excluding steroid dienone is 1. The van der Waals surface area contributed by atoms with E-state index in [0.717, 1.165) is 0 Å². The van der Waals surface area contributed by atoms with Gasteiger partial charge >= 0.3 is 6.16 Å². The highest BCUT2D eigenvalue weighted by Crippen LogP contribution is 2.32. The Morgan fingerprint density at radius 2 is 2.12 bits per heavy atom. The molecule has 2 heterocycles. The number of fused-ring (bicyclic) bond motifs is 1. The zero-order valence-electron chi connectivity index (χ0n) is 13.5. The minimum Gasteiger partial charge on any atom is -0.429 e. The van der Waals surface area contributed by atoms with Crippen LogP contribution in [0.5, 0.6) is 0 Å². The van der Waals surface area contributed by atoms with Gasteiger partial charge in [-0.1, -0.05) is 17.7 Å². The van der Waals surface area contributed by atoms with Crippen LogP contribution in [0.3, 0.4) is 0 Å². The van der Waals surface area contributed by atoms with Crippen LogP contribution in [0.15, 0.2) is 24.7 Å². The summed E-state index contributed by atoms with van der Waals surface area (Å²) in [7, 11) is 0. The van der Waals surface area contributed by atoms with E-state index in [-0.39, 0.29) is 16.6 Å². The Balaban J connectivity index is 1.74. The van der Waals surface area contributed by atoms with Crippen molar-refractivity contribution in [3.8, 4) is 0 Å². The van der Waals surface area contributed by atoms with Gasteiger partial charge in [0.25, 0.3) is 0 Å². The molecule has 0 saturated carbocycles. The van der Waals surface area contributed by atoms with Gasteiger partial charge in [0, 0.05) is 12.6 Å². The molecule has 0 saturated heterocycles. The van der Waals surface area contributed by atoms with E-state index < -0.39 is 23.7 Å². The highest BCUT2D eigenvalue weighted by molar-refractivity contribution is 6.34. The molecule has 0 unspecified atom stereocenters. The fourth-order valence-corrected chi connectivity index (χ4v) is 2.81. The molecule has 0 bridgehead atoms. The molecule has 2 atom stereocenters. The maximum atomic E-state index is 14.1. The second kappa shape index (κ2) is 6.05. The van der Waals surface area contributed by atoms with E-state index in [2.05, 4.69) is 9.97 Å². The molecule has 6 nitrogen and oxygen atoms in total. The summed E-state index contributed by atoms with van der Waals surface area (Å²) in [6.45, 7) is 5.29. The van der Waals surface area contributed by atoms with Gasteiger partial charge in [0.15, 0.2) is 5.82 Å². The summed E-state index contributed by atoms with van der Waals surface area (Å²) in [6.07, 6.45) is 5.49. The molecular weight excluding hydrogens is 337 g/mol. The third-order valence-corrected chi connectivity index (χ3v) is 3.82. The second-order valence-corrected chi connectivity index (χ2v) is 6.91. The van der Waals surface area contributed by atoms with E-state index in [1.165, 1.54) is 12.5 Å². The molecule has 0 amide bonds. The summed E-state index contributed by atoms with van der Waals surface area (Å²) >= 11 is 5.93. The van der Waals surface area contributed by atoms with Crippen LogP contribution in [0.1, 0.15) is 33.2 Å². The lowest BCUT2D eigenvalue weighted by atomic mass is 10.2. The van der Waals surface area contributed by atoms with Crippen molar-refractivity contribution in [2.45, 2.75) is 44.9 Å². The first kappa shape index (κ1) is 16.7. The van der Waals surface area contributed by atoms with Gasteiger partial charge in [-0.3, -0.25) is 0 Å². The minimum absolute atomic E-state index is 0.0692. The molecule has 0 spiro atoms. The molecule has 1 aliphatic rings. The predicted octanol–water partition coefficient (Wildman–Crippen LogP) is 4.05. The first-order valence-electron chi connectivity index (χ1n) is 7.49. The standard InChI is InChI=1S/C16H17ClFN3O3/c1-16(2,3)24-15(22)23-10-5-4-9(6-10)21-7-11(18)12-13(17)19-8-20-14(12)21/h4-5,7-10H,6H2,1-3H3/t9-,10+/m0/s1. The summed E-state index contributed by atoms with van der Waals surface area (Å²) in [6, 6.07) is -0.199. The van der Waals surface area contributed by atoms with Crippen molar-refractivity contribution in [3.63, 3.8) is 0 Å². The molecule has 0 aromatic carbocycles. The van der Waals surface area contributed by atoms with Crippen LogP contribution in [0.4, 0.5) is 9.18 Å². The fraction of sp³-hybridized carbons (Fsp3) is 0.438. The monoisotopic (exact) mass is 353 g/mol. The lowest BCUT2D eigenvalue weighted by Gasteiger charge is -2.21. The topological polar surface area (TPSA) is 66.2 Å². The van der Waals surface area contributed by atoms with Gasteiger partial charge in [-0.25, -0.2) is 19.2 Å². The highest BCUT2D eigenvalue weighted by atomic mass is 35.5. The quantitative estimate of drug-likeness (QED) is 0.463. The van der Waals surface area contributed by atoms with Gasteiger partial charge in [0.1, 0.15) is 28.8 Å². The van der Waals surface area contributed by atoms with E-state index in [0.29, 0.717) is 12.1 Å². The number of nitrogens with zero attached hydrogens (tertiary/aromatic N) is 3. The number of carbonyl (C=O) groups is 1. The zero-order chi connectivity index (χ0) is 17.5. The van der Waals surface area contributed by atoms with Crippen LogP contribution in [-0.2, 0) is 9.47 Å². The Labute approximate surface area is 143 Å². The van der Waals surface area contributed by atoms with Crippen molar-refractivity contribution in [2.24, 2.45) is 0 Å². The molecule has 0 N–H and O–H groups in total. The molecule has 1 aliphatic carbocycles. The van der Waals surface area contributed by atoms with Crippen molar-refractivity contribution in [3.05, 3.63) is 35.6 Å². The van der Waals surface area contributed by atoms with E-state index in [1.807, 2.05) is 6.08 Å². The number of carbonyl (C=O) groups excluding carboxylic acids is 1. The molecule has 0 radical (unpaired) electrons. The van der Waals surface area contributed by atoms with E-state index in [9.17, 15) is 9.18 Å². The molecule has 128 valence electrons. The third-order valence-electron chi connectivity index (χ3n) is 3.53. The van der Waals surface area contributed by atoms with Crippen LogP contribution in [0.25, 0.3) is 11.0 Å². The third kappa shape index (κ3) is 3.36. The normalized spacial score (nSPS) is 20.5. The largest absolute Gasteiger partial charge is 0.509 e. The summed E-state index contributed by atoms with van der Waals surface area (Å²) in [5.74, 6) is -0.486. The Hall–Kier alpha value is -2.15. The molecule has 2 aromatic rings. The Bertz CT molecular complexity index is 813. The number of ether oxygens (including phenoxy) is 2. The van der Waals surface area contributed by atoms with Gasteiger partial charge in [0.2, 0.25) is 0 Å². The Morgan fingerprint density at radius 1 is 1.38 bits per heavy atom. The van der Waals surface area contributed by atoms with Crippen molar-refractivity contribution in [1.82, 2.24) is 14.5 Å². The van der Waals surface area contributed by atoms with Crippen molar-refractivity contribution < 1.29 is 18.7 Å². The fourth-order valence-electron chi connectivity index (χ4n) is 2.60. The second-order valence-electron chi connectivity index (χ2n) is 6.56. The lowest BCUT2D eigenvalue weighted by Crippen LogP contribution is -2.27. The van der Waals surface area contributed by atoms with Gasteiger partial charge in [-0.05, 0) is 26.8 Å².